The largest absolute Gasteiger partial charge is 0.493 e. The second-order valence-electron chi connectivity index (χ2n) is 2.77. The van der Waals surface area contributed by atoms with Gasteiger partial charge in [0.2, 0.25) is 0 Å². The Morgan fingerprint density at radius 1 is 0.941 bits per heavy atom. The highest BCUT2D eigenvalue weighted by atomic mass is 16.5. The molecule has 0 unspecified atom stereocenters. The Balaban J connectivity index is 0. The first kappa shape index (κ1) is 18.2. The molecule has 0 aliphatic carbocycles. The third kappa shape index (κ3) is 6.88. The summed E-state index contributed by atoms with van der Waals surface area (Å²) < 4.78 is 10.6. The first-order chi connectivity index (χ1) is 8.31. The molecule has 0 bridgehead atoms. The molecule has 1 rings (SSSR count). The van der Waals surface area contributed by atoms with E-state index in [0.29, 0.717) is 6.61 Å². The minimum atomic E-state index is 0.668. The van der Waals surface area contributed by atoms with Crippen molar-refractivity contribution in [3.63, 3.8) is 0 Å². The van der Waals surface area contributed by atoms with Crippen molar-refractivity contribution < 1.29 is 9.47 Å². The van der Waals surface area contributed by atoms with Crippen LogP contribution in [0.4, 0.5) is 0 Å². The van der Waals surface area contributed by atoms with E-state index in [-0.39, 0.29) is 0 Å². The zero-order valence-electron chi connectivity index (χ0n) is 12.5. The maximum Gasteiger partial charge on any atom is 0.161 e. The van der Waals surface area contributed by atoms with Crippen LogP contribution in [-0.4, -0.2) is 13.7 Å². The number of hydrogen-bond acceptors (Lipinski definition) is 2. The van der Waals surface area contributed by atoms with Gasteiger partial charge in [-0.25, -0.2) is 0 Å². The van der Waals surface area contributed by atoms with E-state index in [9.17, 15) is 0 Å². The number of rotatable bonds is 4. The molecule has 0 fully saturated rings. The molecule has 2 nitrogen and oxygen atoms in total. The molecular formula is C15H28O2. The van der Waals surface area contributed by atoms with E-state index in [4.69, 9.17) is 9.47 Å². The lowest BCUT2D eigenvalue weighted by atomic mass is 10.1. The van der Waals surface area contributed by atoms with Crippen LogP contribution in [-0.2, 0) is 6.42 Å². The molecule has 17 heavy (non-hydrogen) atoms. The fourth-order valence-electron chi connectivity index (χ4n) is 1.21. The topological polar surface area (TPSA) is 18.5 Å². The molecular weight excluding hydrogens is 212 g/mol. The van der Waals surface area contributed by atoms with Gasteiger partial charge in [-0.2, -0.15) is 0 Å². The smallest absolute Gasteiger partial charge is 0.161 e. The van der Waals surface area contributed by atoms with Gasteiger partial charge in [0.15, 0.2) is 11.5 Å². The van der Waals surface area contributed by atoms with Crippen LogP contribution in [0.2, 0.25) is 0 Å². The normalized spacial score (nSPS) is 8.18. The molecule has 0 radical (unpaired) electrons. The summed E-state index contributed by atoms with van der Waals surface area (Å²) in [6.07, 6.45) is 1.02. The van der Waals surface area contributed by atoms with Crippen LogP contribution in [0.25, 0.3) is 0 Å². The summed E-state index contributed by atoms with van der Waals surface area (Å²) in [6.45, 7) is 12.8. The van der Waals surface area contributed by atoms with Crippen LogP contribution in [0, 0.1) is 0 Å². The summed E-state index contributed by atoms with van der Waals surface area (Å²) >= 11 is 0. The summed E-state index contributed by atoms with van der Waals surface area (Å²) in [5.74, 6) is 1.64. The van der Waals surface area contributed by atoms with Gasteiger partial charge in [0.05, 0.1) is 13.7 Å². The van der Waals surface area contributed by atoms with Gasteiger partial charge in [0.1, 0.15) is 0 Å². The summed E-state index contributed by atoms with van der Waals surface area (Å²) in [6, 6.07) is 6.04. The molecule has 0 aromatic heterocycles. The van der Waals surface area contributed by atoms with Gasteiger partial charge in [-0.3, -0.25) is 0 Å². The molecule has 0 aliphatic heterocycles. The van der Waals surface area contributed by atoms with Crippen LogP contribution in [0.1, 0.15) is 47.1 Å². The Morgan fingerprint density at radius 2 is 1.53 bits per heavy atom. The Labute approximate surface area is 107 Å². The van der Waals surface area contributed by atoms with E-state index < -0.39 is 0 Å². The quantitative estimate of drug-likeness (QED) is 0.759. The summed E-state index contributed by atoms with van der Waals surface area (Å²) in [5, 5.41) is 0. The number of aryl methyl sites for hydroxylation is 1. The second-order valence-corrected chi connectivity index (χ2v) is 2.77. The van der Waals surface area contributed by atoms with Crippen molar-refractivity contribution in [2.75, 3.05) is 13.7 Å². The van der Waals surface area contributed by atoms with E-state index in [1.54, 1.807) is 7.11 Å². The molecule has 0 atom stereocenters. The zero-order chi connectivity index (χ0) is 13.7. The minimum absolute atomic E-state index is 0.668. The predicted molar refractivity (Wildman–Crippen MR) is 76.2 cm³/mol. The lowest BCUT2D eigenvalue weighted by molar-refractivity contribution is 0.310. The van der Waals surface area contributed by atoms with E-state index >= 15 is 0 Å². The van der Waals surface area contributed by atoms with Crippen molar-refractivity contribution in [1.82, 2.24) is 0 Å². The third-order valence-corrected chi connectivity index (χ3v) is 1.94. The number of methoxy groups -OCH3 is 1. The van der Waals surface area contributed by atoms with Crippen molar-refractivity contribution in [2.45, 2.75) is 48.0 Å². The molecule has 0 aliphatic rings. The fourth-order valence-corrected chi connectivity index (χ4v) is 1.21. The Kier molecular flexibility index (Phi) is 13.8. The van der Waals surface area contributed by atoms with Gasteiger partial charge in [0.25, 0.3) is 0 Å². The fraction of sp³-hybridized carbons (Fsp3) is 0.600. The molecule has 0 saturated heterocycles. The molecule has 1 aromatic carbocycles. The van der Waals surface area contributed by atoms with E-state index in [2.05, 4.69) is 13.0 Å². The molecule has 1 aromatic rings. The molecule has 0 amide bonds. The van der Waals surface area contributed by atoms with Gasteiger partial charge in [-0.15, -0.1) is 0 Å². The number of benzene rings is 1. The molecule has 0 spiro atoms. The van der Waals surface area contributed by atoms with Crippen LogP contribution < -0.4 is 9.47 Å². The molecule has 100 valence electrons. The summed E-state index contributed by atoms with van der Waals surface area (Å²) in [5.41, 5.74) is 1.26. The van der Waals surface area contributed by atoms with Crippen molar-refractivity contribution >= 4 is 0 Å². The Hall–Kier alpha value is -1.18. The van der Waals surface area contributed by atoms with Crippen molar-refractivity contribution in [2.24, 2.45) is 0 Å². The Morgan fingerprint density at radius 3 is 1.94 bits per heavy atom. The van der Waals surface area contributed by atoms with Crippen LogP contribution in [0.15, 0.2) is 18.2 Å². The average Bonchev–Trinajstić information content (AvgIpc) is 2.44. The van der Waals surface area contributed by atoms with E-state index in [0.717, 1.165) is 17.9 Å². The molecule has 0 heterocycles. The van der Waals surface area contributed by atoms with Gasteiger partial charge in [-0.1, -0.05) is 40.7 Å². The number of hydrogen-bond donors (Lipinski definition) is 0. The van der Waals surface area contributed by atoms with Crippen LogP contribution >= 0.6 is 0 Å². The molecule has 0 saturated carbocycles. The highest BCUT2D eigenvalue weighted by Gasteiger charge is 2.03. The number of ether oxygens (including phenoxy) is 2. The Bertz CT molecular complexity index is 270. The molecule has 0 N–H and O–H groups in total. The van der Waals surface area contributed by atoms with E-state index in [1.807, 2.05) is 46.8 Å². The zero-order valence-corrected chi connectivity index (χ0v) is 12.5. The highest BCUT2D eigenvalue weighted by molar-refractivity contribution is 5.42. The maximum atomic E-state index is 5.40. The van der Waals surface area contributed by atoms with Gasteiger partial charge >= 0.3 is 0 Å². The monoisotopic (exact) mass is 240 g/mol. The molecule has 2 heteroatoms. The van der Waals surface area contributed by atoms with Crippen LogP contribution in [0.3, 0.4) is 0 Å². The van der Waals surface area contributed by atoms with E-state index in [1.165, 1.54) is 5.56 Å². The van der Waals surface area contributed by atoms with Gasteiger partial charge in [0, 0.05) is 0 Å². The van der Waals surface area contributed by atoms with Crippen molar-refractivity contribution in [3.8, 4) is 11.5 Å². The van der Waals surface area contributed by atoms with Crippen molar-refractivity contribution in [3.05, 3.63) is 23.8 Å². The third-order valence-electron chi connectivity index (χ3n) is 1.94. The first-order valence-electron chi connectivity index (χ1n) is 6.61. The SMILES string of the molecule is CC.CC.CCOc1ccc(CC)cc1OC. The highest BCUT2D eigenvalue weighted by Crippen LogP contribution is 2.27. The summed E-state index contributed by atoms with van der Waals surface area (Å²) in [4.78, 5) is 0. The lowest BCUT2D eigenvalue weighted by Crippen LogP contribution is -1.95. The minimum Gasteiger partial charge on any atom is -0.493 e. The van der Waals surface area contributed by atoms with Gasteiger partial charge < -0.3 is 9.47 Å². The lowest BCUT2D eigenvalue weighted by Gasteiger charge is -2.09. The van der Waals surface area contributed by atoms with Crippen LogP contribution in [0.5, 0.6) is 11.5 Å². The standard InChI is InChI=1S/C11H16O2.2C2H6/c1-4-9-6-7-10(13-5-2)11(8-9)12-3;2*1-2/h6-8H,4-5H2,1-3H3;2*1-2H3. The van der Waals surface area contributed by atoms with Crippen molar-refractivity contribution in [1.29, 1.82) is 0 Å². The first-order valence-corrected chi connectivity index (χ1v) is 6.61. The predicted octanol–water partition coefficient (Wildman–Crippen LogP) is 4.71. The summed E-state index contributed by atoms with van der Waals surface area (Å²) in [7, 11) is 1.66. The maximum absolute atomic E-state index is 5.40. The second kappa shape index (κ2) is 12.9. The van der Waals surface area contributed by atoms with Gasteiger partial charge in [-0.05, 0) is 31.0 Å². The average molecular weight is 240 g/mol.